The van der Waals surface area contributed by atoms with Crippen LogP contribution in [-0.4, -0.2) is 47.7 Å². The molecule has 1 saturated heterocycles. The van der Waals surface area contributed by atoms with Crippen LogP contribution in [0.1, 0.15) is 37.6 Å². The molecule has 1 aliphatic heterocycles. The van der Waals surface area contributed by atoms with E-state index in [1.54, 1.807) is 25.7 Å². The van der Waals surface area contributed by atoms with Crippen LogP contribution >= 0.6 is 15.9 Å². The van der Waals surface area contributed by atoms with Crippen LogP contribution in [0.4, 0.5) is 14.9 Å². The zero-order valence-electron chi connectivity index (χ0n) is 14.6. The van der Waals surface area contributed by atoms with Crippen LogP contribution in [0.3, 0.4) is 0 Å². The van der Waals surface area contributed by atoms with E-state index < -0.39 is 29.0 Å². The maximum Gasteiger partial charge on any atom is 0.408 e. The number of carboxylic acid groups (broad SMARTS) is 1. The molecule has 1 aromatic rings. The number of benzene rings is 1. The lowest BCUT2D eigenvalue weighted by molar-refractivity contribution is -0.143. The van der Waals surface area contributed by atoms with Crippen LogP contribution in [0.2, 0.25) is 0 Å². The molecule has 7 nitrogen and oxygen atoms in total. The first kappa shape index (κ1) is 20.2. The highest BCUT2D eigenvalue weighted by Crippen LogP contribution is 2.33. The third-order valence-electron chi connectivity index (χ3n) is 3.99. The molecule has 9 heteroatoms. The molecule has 26 heavy (non-hydrogen) atoms. The fourth-order valence-corrected chi connectivity index (χ4v) is 3.22. The van der Waals surface area contributed by atoms with Crippen molar-refractivity contribution < 1.29 is 28.6 Å². The molecule has 0 spiro atoms. The van der Waals surface area contributed by atoms with Gasteiger partial charge in [-0.1, -0.05) is 0 Å². The number of alkyl carbamates (subject to hydrolysis) is 1. The minimum Gasteiger partial charge on any atom is -0.479 e. The molecule has 1 fully saturated rings. The molecule has 1 atom stereocenters. The van der Waals surface area contributed by atoms with E-state index in [9.17, 15) is 23.9 Å². The number of carbonyl (C=O) groups is 3. The molecule has 1 aromatic carbocycles. The molecule has 0 bridgehead atoms. The van der Waals surface area contributed by atoms with Gasteiger partial charge in [-0.25, -0.2) is 14.0 Å². The minimum absolute atomic E-state index is 0.0120. The van der Waals surface area contributed by atoms with Gasteiger partial charge in [0.2, 0.25) is 0 Å². The summed E-state index contributed by atoms with van der Waals surface area (Å²) in [7, 11) is 0. The number of hydrogen-bond acceptors (Lipinski definition) is 5. The summed E-state index contributed by atoms with van der Waals surface area (Å²) in [5, 5.41) is 12.1. The smallest absolute Gasteiger partial charge is 0.408 e. The Balaban J connectivity index is 2.28. The Morgan fingerprint density at radius 1 is 1.42 bits per heavy atom. The summed E-state index contributed by atoms with van der Waals surface area (Å²) in [5.74, 6) is -1.80. The summed E-state index contributed by atoms with van der Waals surface area (Å²) in [4.78, 5) is 36.9. The number of nitrogens with zero attached hydrogens (tertiary/aromatic N) is 1. The number of amides is 1. The Hall–Kier alpha value is -2.16. The average molecular weight is 431 g/mol. The van der Waals surface area contributed by atoms with Gasteiger partial charge in [-0.15, -0.1) is 0 Å². The Labute approximate surface area is 158 Å². The van der Waals surface area contributed by atoms with E-state index in [4.69, 9.17) is 4.74 Å². The monoisotopic (exact) mass is 430 g/mol. The standard InChI is InChI=1S/C17H20BrFN2O5/c1-16(2,3)26-15(25)20-17(14(23)24)6-7-21(9-17)12-5-4-11(19)13(18)10(12)8-22/h4-5,8H,6-7,9H2,1-3H3,(H,20,25)(H,23,24)/t17-/m1/s1. The number of anilines is 1. The third kappa shape index (κ3) is 4.14. The summed E-state index contributed by atoms with van der Waals surface area (Å²) in [6.07, 6.45) is -0.225. The van der Waals surface area contributed by atoms with Crippen LogP contribution in [-0.2, 0) is 9.53 Å². The SMILES string of the molecule is CC(C)(C)OC(=O)N[C@]1(C(=O)O)CCN(c2ccc(F)c(Br)c2C=O)C1. The lowest BCUT2D eigenvalue weighted by Gasteiger charge is -2.29. The molecule has 0 aliphatic carbocycles. The van der Waals surface area contributed by atoms with Crippen LogP contribution in [0.5, 0.6) is 0 Å². The third-order valence-corrected chi connectivity index (χ3v) is 4.79. The van der Waals surface area contributed by atoms with Gasteiger partial charge < -0.3 is 20.1 Å². The first-order valence-corrected chi connectivity index (χ1v) is 8.71. The Kier molecular flexibility index (Phi) is 5.60. The van der Waals surface area contributed by atoms with E-state index in [-0.39, 0.29) is 29.5 Å². The Morgan fingerprint density at radius 3 is 2.62 bits per heavy atom. The molecule has 0 saturated carbocycles. The highest BCUT2D eigenvalue weighted by Gasteiger charge is 2.47. The van der Waals surface area contributed by atoms with Crippen LogP contribution < -0.4 is 10.2 Å². The molecule has 1 heterocycles. The summed E-state index contributed by atoms with van der Waals surface area (Å²) < 4.78 is 18.8. The number of carboxylic acids is 1. The molecule has 1 amide bonds. The normalized spacial score (nSPS) is 20.0. The van der Waals surface area contributed by atoms with Crippen LogP contribution in [0, 0.1) is 5.82 Å². The molecule has 2 rings (SSSR count). The first-order chi connectivity index (χ1) is 12.0. The molecular formula is C17H20BrFN2O5. The maximum absolute atomic E-state index is 13.7. The highest BCUT2D eigenvalue weighted by atomic mass is 79.9. The highest BCUT2D eigenvalue weighted by molar-refractivity contribution is 9.10. The van der Waals surface area contributed by atoms with Crippen molar-refractivity contribution in [1.82, 2.24) is 5.32 Å². The Bertz CT molecular complexity index is 749. The van der Waals surface area contributed by atoms with Crippen molar-refractivity contribution in [3.63, 3.8) is 0 Å². The van der Waals surface area contributed by atoms with Crippen molar-refractivity contribution in [1.29, 1.82) is 0 Å². The maximum atomic E-state index is 13.7. The van der Waals surface area contributed by atoms with E-state index in [0.29, 0.717) is 12.0 Å². The number of nitrogens with one attached hydrogen (secondary N) is 1. The van der Waals surface area contributed by atoms with Gasteiger partial charge in [0.1, 0.15) is 11.4 Å². The molecule has 2 N–H and O–H groups in total. The summed E-state index contributed by atoms with van der Waals surface area (Å²) in [6.45, 7) is 5.20. The minimum atomic E-state index is -1.57. The van der Waals surface area contributed by atoms with E-state index >= 15 is 0 Å². The number of aliphatic carboxylic acids is 1. The predicted molar refractivity (Wildman–Crippen MR) is 96.1 cm³/mol. The second kappa shape index (κ2) is 7.22. The van der Waals surface area contributed by atoms with E-state index in [1.807, 2.05) is 0 Å². The van der Waals surface area contributed by atoms with Gasteiger partial charge in [-0.05, 0) is 48.8 Å². The largest absolute Gasteiger partial charge is 0.479 e. The molecule has 0 unspecified atom stereocenters. The summed E-state index contributed by atoms with van der Waals surface area (Å²) in [5.41, 5.74) is -1.86. The van der Waals surface area contributed by atoms with Gasteiger partial charge >= 0.3 is 12.1 Å². The fraction of sp³-hybridized carbons (Fsp3) is 0.471. The van der Waals surface area contributed by atoms with Crippen molar-refractivity contribution in [2.45, 2.75) is 38.3 Å². The summed E-state index contributed by atoms with van der Waals surface area (Å²) in [6, 6.07) is 2.60. The first-order valence-electron chi connectivity index (χ1n) is 7.92. The lowest BCUT2D eigenvalue weighted by atomic mass is 9.99. The van der Waals surface area contributed by atoms with Gasteiger partial charge in [0.25, 0.3) is 0 Å². The summed E-state index contributed by atoms with van der Waals surface area (Å²) >= 11 is 3.03. The van der Waals surface area contributed by atoms with E-state index in [1.165, 1.54) is 12.1 Å². The molecule has 0 aromatic heterocycles. The van der Waals surface area contributed by atoms with E-state index in [2.05, 4.69) is 21.2 Å². The molecular weight excluding hydrogens is 411 g/mol. The van der Waals surface area contributed by atoms with Gasteiger partial charge in [0.15, 0.2) is 11.8 Å². The van der Waals surface area contributed by atoms with Gasteiger partial charge in [0.05, 0.1) is 16.6 Å². The number of halogens is 2. The quantitative estimate of drug-likeness (QED) is 0.712. The second-order valence-electron chi connectivity index (χ2n) is 7.10. The zero-order valence-corrected chi connectivity index (χ0v) is 16.2. The zero-order chi connectivity index (χ0) is 19.7. The van der Waals surface area contributed by atoms with Crippen LogP contribution in [0.25, 0.3) is 0 Å². The van der Waals surface area contributed by atoms with Crippen molar-refractivity contribution in [2.75, 3.05) is 18.0 Å². The van der Waals surface area contributed by atoms with Crippen LogP contribution in [0.15, 0.2) is 16.6 Å². The number of hydrogen-bond donors (Lipinski definition) is 2. The average Bonchev–Trinajstić information content (AvgIpc) is 2.93. The molecule has 1 aliphatic rings. The fourth-order valence-electron chi connectivity index (χ4n) is 2.79. The van der Waals surface area contributed by atoms with Gasteiger partial charge in [-0.2, -0.15) is 0 Å². The van der Waals surface area contributed by atoms with Crippen molar-refractivity contribution in [3.05, 3.63) is 28.0 Å². The number of carbonyl (C=O) groups excluding carboxylic acids is 2. The Morgan fingerprint density at radius 2 is 2.08 bits per heavy atom. The molecule has 0 radical (unpaired) electrons. The lowest BCUT2D eigenvalue weighted by Crippen LogP contribution is -2.57. The number of aldehydes is 1. The van der Waals surface area contributed by atoms with Gasteiger partial charge in [-0.3, -0.25) is 4.79 Å². The molecule has 142 valence electrons. The van der Waals surface area contributed by atoms with Crippen molar-refractivity contribution >= 4 is 40.0 Å². The second-order valence-corrected chi connectivity index (χ2v) is 7.89. The predicted octanol–water partition coefficient (Wildman–Crippen LogP) is 2.96. The van der Waals surface area contributed by atoms with Crippen molar-refractivity contribution in [3.8, 4) is 0 Å². The number of ether oxygens (including phenoxy) is 1. The van der Waals surface area contributed by atoms with Gasteiger partial charge in [0, 0.05) is 18.7 Å². The van der Waals surface area contributed by atoms with Crippen molar-refractivity contribution in [2.24, 2.45) is 0 Å². The topological polar surface area (TPSA) is 95.9 Å². The number of rotatable bonds is 4. The van der Waals surface area contributed by atoms with E-state index in [0.717, 1.165) is 0 Å².